The zero-order chi connectivity index (χ0) is 13.3. The minimum Gasteiger partial charge on any atom is -0.383 e. The van der Waals surface area contributed by atoms with Gasteiger partial charge in [0.15, 0.2) is 0 Å². The molecular weight excluding hydrogens is 361 g/mol. The molecule has 0 amide bonds. The van der Waals surface area contributed by atoms with Gasteiger partial charge >= 0.3 is 0 Å². The van der Waals surface area contributed by atoms with E-state index >= 15 is 0 Å². The number of anilines is 1. The van der Waals surface area contributed by atoms with Gasteiger partial charge in [0, 0.05) is 5.02 Å². The number of nitrogen functional groups attached to an aromatic ring is 1. The van der Waals surface area contributed by atoms with Gasteiger partial charge in [-0.2, -0.15) is 5.10 Å². The molecule has 0 aliphatic carbocycles. The highest BCUT2D eigenvalue weighted by atomic mass is 127. The Labute approximate surface area is 125 Å². The van der Waals surface area contributed by atoms with Gasteiger partial charge < -0.3 is 5.73 Å². The highest BCUT2D eigenvalue weighted by Gasteiger charge is 2.15. The lowest BCUT2D eigenvalue weighted by Gasteiger charge is -2.14. The highest BCUT2D eigenvalue weighted by Crippen LogP contribution is 2.24. The second-order valence-electron chi connectivity index (χ2n) is 4.41. The SMILES string of the molecule is Cc1nn(C(C)Cc2ccc(Cl)cc2)c(N)c1I. The fraction of sp³-hybridized carbons (Fsp3) is 0.308. The first-order valence-corrected chi connectivity index (χ1v) is 7.19. The van der Waals surface area contributed by atoms with Gasteiger partial charge in [-0.15, -0.1) is 0 Å². The second kappa shape index (κ2) is 5.48. The Morgan fingerprint density at radius 1 is 1.39 bits per heavy atom. The number of rotatable bonds is 3. The molecule has 3 nitrogen and oxygen atoms in total. The van der Waals surface area contributed by atoms with Gasteiger partial charge in [-0.05, 0) is 60.6 Å². The molecule has 0 fully saturated rings. The van der Waals surface area contributed by atoms with Gasteiger partial charge in [0.05, 0.1) is 15.3 Å². The number of nitrogens with zero attached hydrogens (tertiary/aromatic N) is 2. The monoisotopic (exact) mass is 375 g/mol. The molecule has 0 radical (unpaired) electrons. The van der Waals surface area contributed by atoms with E-state index in [1.54, 1.807) is 0 Å². The molecule has 0 saturated carbocycles. The van der Waals surface area contributed by atoms with E-state index in [-0.39, 0.29) is 6.04 Å². The van der Waals surface area contributed by atoms with Crippen LogP contribution >= 0.6 is 34.2 Å². The lowest BCUT2D eigenvalue weighted by molar-refractivity contribution is 0.493. The number of aryl methyl sites for hydroxylation is 1. The average Bonchev–Trinajstić information content (AvgIpc) is 2.60. The van der Waals surface area contributed by atoms with Crippen molar-refractivity contribution in [1.82, 2.24) is 9.78 Å². The van der Waals surface area contributed by atoms with Crippen LogP contribution in [-0.2, 0) is 6.42 Å². The van der Waals surface area contributed by atoms with E-state index in [2.05, 4.69) is 34.6 Å². The predicted octanol–water partition coefficient (Wildman–Crippen LogP) is 3.84. The van der Waals surface area contributed by atoms with Crippen LogP contribution < -0.4 is 5.73 Å². The van der Waals surface area contributed by atoms with Crippen molar-refractivity contribution in [2.45, 2.75) is 26.3 Å². The molecule has 2 N–H and O–H groups in total. The molecule has 5 heteroatoms. The first-order chi connectivity index (χ1) is 8.49. The first kappa shape index (κ1) is 13.7. The van der Waals surface area contributed by atoms with Crippen molar-refractivity contribution in [1.29, 1.82) is 0 Å². The number of nitrogens with two attached hydrogens (primary N) is 1. The molecular formula is C13H15ClIN3. The van der Waals surface area contributed by atoms with E-state index in [4.69, 9.17) is 17.3 Å². The van der Waals surface area contributed by atoms with Crippen molar-refractivity contribution in [3.05, 3.63) is 44.1 Å². The van der Waals surface area contributed by atoms with E-state index in [1.807, 2.05) is 35.9 Å². The van der Waals surface area contributed by atoms with Gasteiger partial charge in [-0.3, -0.25) is 0 Å². The van der Waals surface area contributed by atoms with Crippen molar-refractivity contribution in [3.8, 4) is 0 Å². The molecule has 0 aliphatic rings. The molecule has 1 atom stereocenters. The van der Waals surface area contributed by atoms with E-state index in [0.717, 1.165) is 26.5 Å². The van der Waals surface area contributed by atoms with Crippen LogP contribution in [-0.4, -0.2) is 9.78 Å². The first-order valence-electron chi connectivity index (χ1n) is 5.73. The Morgan fingerprint density at radius 3 is 2.50 bits per heavy atom. The van der Waals surface area contributed by atoms with Crippen LogP contribution in [0.5, 0.6) is 0 Å². The number of hydrogen-bond acceptors (Lipinski definition) is 2. The summed E-state index contributed by atoms with van der Waals surface area (Å²) >= 11 is 8.11. The molecule has 0 bridgehead atoms. The summed E-state index contributed by atoms with van der Waals surface area (Å²) in [4.78, 5) is 0. The Kier molecular flexibility index (Phi) is 4.17. The molecule has 1 heterocycles. The molecule has 2 rings (SSSR count). The van der Waals surface area contributed by atoms with Gasteiger partial charge in [0.1, 0.15) is 5.82 Å². The number of aromatic nitrogens is 2. The number of benzene rings is 1. The van der Waals surface area contributed by atoms with Crippen LogP contribution in [0, 0.1) is 10.5 Å². The van der Waals surface area contributed by atoms with Crippen LogP contribution in [0.15, 0.2) is 24.3 Å². The third-order valence-corrected chi connectivity index (χ3v) is 4.49. The zero-order valence-electron chi connectivity index (χ0n) is 10.3. The third kappa shape index (κ3) is 2.80. The largest absolute Gasteiger partial charge is 0.383 e. The topological polar surface area (TPSA) is 43.8 Å². The van der Waals surface area contributed by atoms with Crippen molar-refractivity contribution >= 4 is 40.0 Å². The smallest absolute Gasteiger partial charge is 0.135 e. The maximum Gasteiger partial charge on any atom is 0.135 e. The summed E-state index contributed by atoms with van der Waals surface area (Å²) in [6, 6.07) is 8.12. The zero-order valence-corrected chi connectivity index (χ0v) is 13.2. The predicted molar refractivity (Wildman–Crippen MR) is 84.0 cm³/mol. The minimum absolute atomic E-state index is 0.230. The van der Waals surface area contributed by atoms with Crippen LogP contribution in [0.25, 0.3) is 0 Å². The summed E-state index contributed by atoms with van der Waals surface area (Å²) in [5.41, 5.74) is 8.27. The molecule has 2 aromatic rings. The molecule has 0 spiro atoms. The summed E-state index contributed by atoms with van der Waals surface area (Å²) in [5, 5.41) is 5.24. The van der Waals surface area contributed by atoms with Gasteiger partial charge in [0.2, 0.25) is 0 Å². The summed E-state index contributed by atoms with van der Waals surface area (Å²) < 4.78 is 2.93. The van der Waals surface area contributed by atoms with Crippen molar-refractivity contribution < 1.29 is 0 Å². The lowest BCUT2D eigenvalue weighted by Crippen LogP contribution is -2.13. The normalized spacial score (nSPS) is 12.7. The van der Waals surface area contributed by atoms with E-state index in [9.17, 15) is 0 Å². The molecule has 96 valence electrons. The minimum atomic E-state index is 0.230. The maximum atomic E-state index is 6.05. The second-order valence-corrected chi connectivity index (χ2v) is 5.92. The molecule has 1 aromatic heterocycles. The summed E-state index contributed by atoms with van der Waals surface area (Å²) in [7, 11) is 0. The number of halogens is 2. The maximum absolute atomic E-state index is 6.05. The van der Waals surface area contributed by atoms with Crippen LogP contribution in [0.4, 0.5) is 5.82 Å². The Morgan fingerprint density at radius 2 is 2.00 bits per heavy atom. The molecule has 0 saturated heterocycles. The van der Waals surface area contributed by atoms with E-state index < -0.39 is 0 Å². The Balaban J connectivity index is 2.19. The van der Waals surface area contributed by atoms with Crippen molar-refractivity contribution in [2.24, 2.45) is 0 Å². The van der Waals surface area contributed by atoms with Crippen LogP contribution in [0.1, 0.15) is 24.2 Å². The average molecular weight is 376 g/mol. The van der Waals surface area contributed by atoms with E-state index in [0.29, 0.717) is 0 Å². The van der Waals surface area contributed by atoms with Gasteiger partial charge in [-0.1, -0.05) is 23.7 Å². The molecule has 1 aromatic carbocycles. The van der Waals surface area contributed by atoms with Gasteiger partial charge in [0.25, 0.3) is 0 Å². The van der Waals surface area contributed by atoms with E-state index in [1.165, 1.54) is 5.56 Å². The summed E-state index contributed by atoms with van der Waals surface area (Å²) in [6.07, 6.45) is 0.887. The highest BCUT2D eigenvalue weighted by molar-refractivity contribution is 14.1. The van der Waals surface area contributed by atoms with Crippen LogP contribution in [0.3, 0.4) is 0 Å². The number of hydrogen-bond donors (Lipinski definition) is 1. The fourth-order valence-corrected chi connectivity index (χ4v) is 2.41. The standard InChI is InChI=1S/C13H15ClIN3/c1-8(7-10-3-5-11(14)6-4-10)18-13(16)12(15)9(2)17-18/h3-6,8H,7,16H2,1-2H3. The Bertz CT molecular complexity index is 548. The van der Waals surface area contributed by atoms with Crippen LogP contribution in [0.2, 0.25) is 5.02 Å². The van der Waals surface area contributed by atoms with Crippen molar-refractivity contribution in [2.75, 3.05) is 5.73 Å². The fourth-order valence-electron chi connectivity index (χ4n) is 1.93. The summed E-state index contributed by atoms with van der Waals surface area (Å²) in [6.45, 7) is 4.09. The lowest BCUT2D eigenvalue weighted by atomic mass is 10.1. The summed E-state index contributed by atoms with van der Waals surface area (Å²) in [5.74, 6) is 0.745. The van der Waals surface area contributed by atoms with Crippen molar-refractivity contribution in [3.63, 3.8) is 0 Å². The molecule has 1 unspecified atom stereocenters. The molecule has 18 heavy (non-hydrogen) atoms. The Hall–Kier alpha value is -0.750. The molecule has 0 aliphatic heterocycles. The van der Waals surface area contributed by atoms with Gasteiger partial charge in [-0.25, -0.2) is 4.68 Å². The quantitative estimate of drug-likeness (QED) is 0.829. The third-order valence-electron chi connectivity index (χ3n) is 2.91.